The van der Waals surface area contributed by atoms with E-state index in [9.17, 15) is 18.7 Å². The highest BCUT2D eigenvalue weighted by Crippen LogP contribution is 2.50. The third-order valence-electron chi connectivity index (χ3n) is 5.05. The van der Waals surface area contributed by atoms with Gasteiger partial charge in [-0.2, -0.15) is 4.39 Å². The topological polar surface area (TPSA) is 71.5 Å². The van der Waals surface area contributed by atoms with Crippen LogP contribution in [0.4, 0.5) is 14.5 Å². The van der Waals surface area contributed by atoms with Gasteiger partial charge in [0.25, 0.3) is 0 Å². The Balaban J connectivity index is 1.66. The maximum Gasteiger partial charge on any atom is 0.249 e. The van der Waals surface area contributed by atoms with E-state index in [4.69, 9.17) is 27.9 Å². The summed E-state index contributed by atoms with van der Waals surface area (Å²) in [6, 6.07) is 5.92. The molecule has 2 fully saturated rings. The first-order chi connectivity index (χ1) is 12.9. The van der Waals surface area contributed by atoms with Gasteiger partial charge in [0.15, 0.2) is 5.82 Å². The van der Waals surface area contributed by atoms with Gasteiger partial charge in [-0.1, -0.05) is 23.2 Å². The highest BCUT2D eigenvalue weighted by molar-refractivity contribution is 6.42. The van der Waals surface area contributed by atoms with Gasteiger partial charge < -0.3 is 15.2 Å². The molecule has 4 rings (SSSR count). The minimum Gasteiger partial charge on any atom is -0.390 e. The summed E-state index contributed by atoms with van der Waals surface area (Å²) in [7, 11) is 0. The number of amides is 1. The summed E-state index contributed by atoms with van der Waals surface area (Å²) >= 11 is 11.8. The Labute approximate surface area is 163 Å². The van der Waals surface area contributed by atoms with Gasteiger partial charge >= 0.3 is 0 Å². The SMILES string of the molecule is O=C(Nc1ccc(Cl)c(Cl)c1)[C@@H]1[C@@H](c2ccnc(F)c2F)[C@H]2O[C@@H]1C[C@@H]2O. The third-order valence-corrected chi connectivity index (χ3v) is 5.79. The van der Waals surface area contributed by atoms with Gasteiger partial charge in [0.1, 0.15) is 0 Å². The van der Waals surface area contributed by atoms with Crippen molar-refractivity contribution in [3.05, 3.63) is 57.8 Å². The highest BCUT2D eigenvalue weighted by atomic mass is 35.5. The summed E-state index contributed by atoms with van der Waals surface area (Å²) in [6.45, 7) is 0. The molecule has 2 aliphatic heterocycles. The number of fused-ring (bicyclic) bond motifs is 2. The number of aromatic nitrogens is 1. The van der Waals surface area contributed by atoms with Gasteiger partial charge in [-0.15, -0.1) is 0 Å². The summed E-state index contributed by atoms with van der Waals surface area (Å²) in [4.78, 5) is 16.2. The van der Waals surface area contributed by atoms with Crippen LogP contribution in [-0.4, -0.2) is 34.3 Å². The molecule has 3 heterocycles. The molecule has 2 aromatic rings. The van der Waals surface area contributed by atoms with Crippen molar-refractivity contribution in [2.45, 2.75) is 30.7 Å². The first-order valence-corrected chi connectivity index (χ1v) is 9.01. The van der Waals surface area contributed by atoms with Crippen molar-refractivity contribution < 1.29 is 23.4 Å². The molecule has 0 saturated carbocycles. The van der Waals surface area contributed by atoms with E-state index in [1.165, 1.54) is 18.2 Å². The number of carbonyl (C=O) groups is 1. The molecule has 2 bridgehead atoms. The summed E-state index contributed by atoms with van der Waals surface area (Å²) < 4.78 is 33.6. The Morgan fingerprint density at radius 1 is 1.26 bits per heavy atom. The predicted molar refractivity (Wildman–Crippen MR) is 94.8 cm³/mol. The zero-order chi connectivity index (χ0) is 19.3. The molecular weight excluding hydrogens is 401 g/mol. The van der Waals surface area contributed by atoms with E-state index in [0.29, 0.717) is 10.7 Å². The first-order valence-electron chi connectivity index (χ1n) is 8.26. The Bertz CT molecular complexity index is 914. The molecule has 5 atom stereocenters. The van der Waals surface area contributed by atoms with E-state index in [0.717, 1.165) is 6.20 Å². The van der Waals surface area contributed by atoms with Gasteiger partial charge in [-0.25, -0.2) is 9.37 Å². The minimum absolute atomic E-state index is 0.0389. The van der Waals surface area contributed by atoms with E-state index < -0.39 is 47.8 Å². The average Bonchev–Trinajstić information content (AvgIpc) is 3.17. The molecule has 9 heteroatoms. The Kier molecular flexibility index (Phi) is 4.80. The normalized spacial score (nSPS) is 29.1. The van der Waals surface area contributed by atoms with Crippen molar-refractivity contribution in [3.63, 3.8) is 0 Å². The van der Waals surface area contributed by atoms with Gasteiger partial charge in [-0.3, -0.25) is 4.79 Å². The molecule has 2 saturated heterocycles. The van der Waals surface area contributed by atoms with Crippen LogP contribution < -0.4 is 5.32 Å². The van der Waals surface area contributed by atoms with Gasteiger partial charge in [0.05, 0.1) is 34.3 Å². The molecule has 0 spiro atoms. The number of carbonyl (C=O) groups excluding carboxylic acids is 1. The molecule has 2 aliphatic rings. The molecule has 5 nitrogen and oxygen atoms in total. The van der Waals surface area contributed by atoms with Gasteiger partial charge in [0.2, 0.25) is 11.9 Å². The van der Waals surface area contributed by atoms with Crippen molar-refractivity contribution in [1.82, 2.24) is 4.98 Å². The molecule has 0 unspecified atom stereocenters. The maximum absolute atomic E-state index is 14.3. The molecule has 0 radical (unpaired) electrons. The van der Waals surface area contributed by atoms with Crippen LogP contribution in [0.15, 0.2) is 30.5 Å². The second kappa shape index (κ2) is 6.98. The number of nitrogens with zero attached hydrogens (tertiary/aromatic N) is 1. The summed E-state index contributed by atoms with van der Waals surface area (Å²) in [5.74, 6) is -4.47. The van der Waals surface area contributed by atoms with E-state index in [-0.39, 0.29) is 17.0 Å². The number of rotatable bonds is 3. The number of halogens is 4. The Morgan fingerprint density at radius 3 is 2.78 bits per heavy atom. The van der Waals surface area contributed by atoms with Crippen molar-refractivity contribution in [2.24, 2.45) is 5.92 Å². The number of aliphatic hydroxyl groups is 1. The smallest absolute Gasteiger partial charge is 0.249 e. The number of anilines is 1. The lowest BCUT2D eigenvalue weighted by Gasteiger charge is -2.30. The zero-order valence-electron chi connectivity index (χ0n) is 13.7. The molecule has 1 aromatic carbocycles. The summed E-state index contributed by atoms with van der Waals surface area (Å²) in [5, 5.41) is 13.5. The van der Waals surface area contributed by atoms with E-state index in [1.54, 1.807) is 6.07 Å². The molecule has 1 amide bonds. The fourth-order valence-electron chi connectivity index (χ4n) is 3.90. The fourth-order valence-corrected chi connectivity index (χ4v) is 4.20. The molecule has 142 valence electrons. The molecule has 2 N–H and O–H groups in total. The molecule has 0 aliphatic carbocycles. The largest absolute Gasteiger partial charge is 0.390 e. The van der Waals surface area contributed by atoms with Gasteiger partial charge in [-0.05, 0) is 24.3 Å². The van der Waals surface area contributed by atoms with Crippen LogP contribution >= 0.6 is 23.2 Å². The third kappa shape index (κ3) is 3.18. The monoisotopic (exact) mass is 414 g/mol. The maximum atomic E-state index is 14.3. The lowest BCUT2D eigenvalue weighted by Crippen LogP contribution is -2.41. The highest BCUT2D eigenvalue weighted by Gasteiger charge is 2.57. The standard InChI is InChI=1S/C18H14Cl2F2N2O3/c19-9-2-1-7(5-10(9)20)24-18(26)14-12-6-11(25)16(27-12)13(14)8-3-4-23-17(22)15(8)21/h1-5,11-14,16,25H,6H2,(H,24,26)/t11-,12+,13+,14-,16-/m0/s1. The average molecular weight is 415 g/mol. The van der Waals surface area contributed by atoms with Crippen molar-refractivity contribution in [3.8, 4) is 0 Å². The van der Waals surface area contributed by atoms with Crippen molar-refractivity contribution >= 4 is 34.8 Å². The van der Waals surface area contributed by atoms with Crippen molar-refractivity contribution in [2.75, 3.05) is 5.32 Å². The number of hydrogen-bond donors (Lipinski definition) is 2. The molecule has 1 aromatic heterocycles. The van der Waals surface area contributed by atoms with E-state index >= 15 is 0 Å². The van der Waals surface area contributed by atoms with Crippen molar-refractivity contribution in [1.29, 1.82) is 0 Å². The van der Waals surface area contributed by atoms with Gasteiger partial charge in [0, 0.05) is 29.8 Å². The van der Waals surface area contributed by atoms with Crippen LogP contribution in [0.2, 0.25) is 10.0 Å². The number of nitrogens with one attached hydrogen (secondary N) is 1. The first kappa shape index (κ1) is 18.6. The lowest BCUT2D eigenvalue weighted by atomic mass is 9.74. The number of benzene rings is 1. The number of hydrogen-bond acceptors (Lipinski definition) is 4. The number of pyridine rings is 1. The summed E-state index contributed by atoms with van der Waals surface area (Å²) in [5.41, 5.74) is 0.376. The van der Waals surface area contributed by atoms with Crippen LogP contribution in [0.3, 0.4) is 0 Å². The Hall–Kier alpha value is -1.80. The number of ether oxygens (including phenoxy) is 1. The van der Waals surface area contributed by atoms with Crippen LogP contribution in [0.1, 0.15) is 17.9 Å². The molecule has 27 heavy (non-hydrogen) atoms. The van der Waals surface area contributed by atoms with Crippen LogP contribution in [0.25, 0.3) is 0 Å². The molecular formula is C18H14Cl2F2N2O3. The Morgan fingerprint density at radius 2 is 2.04 bits per heavy atom. The lowest BCUT2D eigenvalue weighted by molar-refractivity contribution is -0.122. The zero-order valence-corrected chi connectivity index (χ0v) is 15.2. The van der Waals surface area contributed by atoms with E-state index in [2.05, 4.69) is 10.3 Å². The van der Waals surface area contributed by atoms with Crippen LogP contribution in [0.5, 0.6) is 0 Å². The predicted octanol–water partition coefficient (Wildman–Crippen LogP) is 3.54. The summed E-state index contributed by atoms with van der Waals surface area (Å²) in [6.07, 6.45) is -0.885. The quantitative estimate of drug-likeness (QED) is 0.753. The number of aliphatic hydroxyl groups excluding tert-OH is 1. The van der Waals surface area contributed by atoms with Crippen LogP contribution in [-0.2, 0) is 9.53 Å². The second-order valence-corrected chi connectivity index (χ2v) is 7.43. The van der Waals surface area contributed by atoms with E-state index in [1.807, 2.05) is 0 Å². The van der Waals surface area contributed by atoms with Crippen LogP contribution in [0, 0.1) is 17.7 Å². The minimum atomic E-state index is -1.26. The second-order valence-electron chi connectivity index (χ2n) is 6.62. The fraction of sp³-hybridized carbons (Fsp3) is 0.333.